The molecule has 0 spiro atoms. The van der Waals surface area contributed by atoms with Crippen LogP contribution in [0.4, 0.5) is 5.82 Å². The smallest absolute Gasteiger partial charge is 0.137 e. The summed E-state index contributed by atoms with van der Waals surface area (Å²) in [4.78, 5) is 7.97. The van der Waals surface area contributed by atoms with Crippen LogP contribution in [0.2, 0.25) is 5.15 Å². The molecule has 1 aromatic heterocycles. The predicted octanol–water partition coefficient (Wildman–Crippen LogP) is 2.65. The first-order valence-corrected chi connectivity index (χ1v) is 6.06. The highest BCUT2D eigenvalue weighted by Gasteiger charge is 2.17. The second-order valence-corrected chi connectivity index (χ2v) is 5.80. The van der Waals surface area contributed by atoms with Crippen molar-refractivity contribution in [2.45, 2.75) is 40.2 Å². The van der Waals surface area contributed by atoms with Gasteiger partial charge < -0.3 is 10.4 Å². The summed E-state index contributed by atoms with van der Waals surface area (Å²) < 4.78 is 0. The van der Waals surface area contributed by atoms with E-state index in [1.54, 1.807) is 0 Å². The topological polar surface area (TPSA) is 58.0 Å². The maximum Gasteiger partial charge on any atom is 0.137 e. The highest BCUT2D eigenvalue weighted by molar-refractivity contribution is 6.30. The molecule has 0 amide bonds. The molecule has 5 heteroatoms. The number of aliphatic hydroxyl groups excluding tert-OH is 1. The van der Waals surface area contributed by atoms with Crippen molar-refractivity contribution in [3.63, 3.8) is 0 Å². The van der Waals surface area contributed by atoms with E-state index in [1.807, 2.05) is 6.92 Å². The third-order valence-electron chi connectivity index (χ3n) is 2.38. The fourth-order valence-electron chi connectivity index (χ4n) is 1.60. The lowest BCUT2D eigenvalue weighted by atomic mass is 9.89. The van der Waals surface area contributed by atoms with E-state index in [1.165, 1.54) is 6.33 Å². The van der Waals surface area contributed by atoms with E-state index in [4.69, 9.17) is 11.6 Å². The SMILES string of the molecule is Cc1c(Cl)ncnc1NCC(O)CC(C)(C)C. The van der Waals surface area contributed by atoms with Gasteiger partial charge in [-0.1, -0.05) is 32.4 Å². The van der Waals surface area contributed by atoms with E-state index in [0.29, 0.717) is 17.5 Å². The van der Waals surface area contributed by atoms with Gasteiger partial charge in [-0.15, -0.1) is 0 Å². The maximum absolute atomic E-state index is 9.87. The van der Waals surface area contributed by atoms with E-state index in [-0.39, 0.29) is 5.41 Å². The zero-order valence-electron chi connectivity index (χ0n) is 10.8. The molecular formula is C12H20ClN3O. The molecule has 96 valence electrons. The van der Waals surface area contributed by atoms with Crippen LogP contribution in [-0.2, 0) is 0 Å². The first kappa shape index (κ1) is 14.2. The van der Waals surface area contributed by atoms with Gasteiger partial charge in [0.25, 0.3) is 0 Å². The lowest BCUT2D eigenvalue weighted by Crippen LogP contribution is -2.25. The molecular weight excluding hydrogens is 238 g/mol. The zero-order valence-corrected chi connectivity index (χ0v) is 11.5. The molecule has 4 nitrogen and oxygen atoms in total. The van der Waals surface area contributed by atoms with Crippen LogP contribution in [-0.4, -0.2) is 27.7 Å². The van der Waals surface area contributed by atoms with E-state index >= 15 is 0 Å². The molecule has 1 atom stereocenters. The lowest BCUT2D eigenvalue weighted by molar-refractivity contribution is 0.132. The molecule has 1 unspecified atom stereocenters. The Kier molecular flexibility index (Phi) is 4.71. The summed E-state index contributed by atoms with van der Waals surface area (Å²) in [5.74, 6) is 0.679. The molecule has 1 heterocycles. The van der Waals surface area contributed by atoms with Crippen LogP contribution in [0.15, 0.2) is 6.33 Å². The maximum atomic E-state index is 9.87. The number of rotatable bonds is 4. The van der Waals surface area contributed by atoms with Crippen molar-refractivity contribution in [2.75, 3.05) is 11.9 Å². The van der Waals surface area contributed by atoms with Gasteiger partial charge in [0.2, 0.25) is 0 Å². The Hall–Kier alpha value is -0.870. The molecule has 0 saturated heterocycles. The number of halogens is 1. The minimum Gasteiger partial charge on any atom is -0.391 e. The van der Waals surface area contributed by atoms with E-state index in [0.717, 1.165) is 12.0 Å². The highest BCUT2D eigenvalue weighted by Crippen LogP contribution is 2.22. The Balaban J connectivity index is 2.53. The minimum atomic E-state index is -0.400. The van der Waals surface area contributed by atoms with Crippen molar-refractivity contribution >= 4 is 17.4 Å². The molecule has 0 bridgehead atoms. The molecule has 0 aromatic carbocycles. The average molecular weight is 258 g/mol. The standard InChI is InChI=1S/C12H20ClN3O/c1-8-10(13)15-7-16-11(8)14-6-9(17)5-12(2,3)4/h7,9,17H,5-6H2,1-4H3,(H,14,15,16). The highest BCUT2D eigenvalue weighted by atomic mass is 35.5. The van der Waals surface area contributed by atoms with Crippen molar-refractivity contribution in [1.82, 2.24) is 9.97 Å². The molecule has 1 aromatic rings. The van der Waals surface area contributed by atoms with Crippen LogP contribution in [0.25, 0.3) is 0 Å². The number of nitrogens with zero attached hydrogens (tertiary/aromatic N) is 2. The summed E-state index contributed by atoms with van der Waals surface area (Å²) in [6.07, 6.45) is 1.74. The Morgan fingerprint density at radius 2 is 2.06 bits per heavy atom. The first-order valence-electron chi connectivity index (χ1n) is 5.68. The fourth-order valence-corrected chi connectivity index (χ4v) is 1.73. The molecule has 0 aliphatic heterocycles. The summed E-state index contributed by atoms with van der Waals surface area (Å²) in [6, 6.07) is 0. The summed E-state index contributed by atoms with van der Waals surface area (Å²) in [7, 11) is 0. The van der Waals surface area contributed by atoms with Gasteiger partial charge in [-0.2, -0.15) is 0 Å². The number of aromatic nitrogens is 2. The Labute approximate surface area is 107 Å². The van der Waals surface area contributed by atoms with Gasteiger partial charge in [0, 0.05) is 12.1 Å². The van der Waals surface area contributed by atoms with Crippen LogP contribution in [0.1, 0.15) is 32.8 Å². The molecule has 2 N–H and O–H groups in total. The van der Waals surface area contributed by atoms with Gasteiger partial charge in [0.15, 0.2) is 0 Å². The summed E-state index contributed by atoms with van der Waals surface area (Å²) in [6.45, 7) is 8.61. The van der Waals surface area contributed by atoms with Crippen molar-refractivity contribution in [3.8, 4) is 0 Å². The average Bonchev–Trinajstić information content (AvgIpc) is 2.18. The lowest BCUT2D eigenvalue weighted by Gasteiger charge is -2.22. The second kappa shape index (κ2) is 5.65. The quantitative estimate of drug-likeness (QED) is 0.815. The first-order chi connectivity index (χ1) is 7.79. The number of anilines is 1. The molecule has 0 fully saturated rings. The minimum absolute atomic E-state index is 0.111. The monoisotopic (exact) mass is 257 g/mol. The number of aliphatic hydroxyl groups is 1. The van der Waals surface area contributed by atoms with Gasteiger partial charge in [-0.3, -0.25) is 0 Å². The van der Waals surface area contributed by atoms with Crippen molar-refractivity contribution in [1.29, 1.82) is 0 Å². The molecule has 0 saturated carbocycles. The molecule has 17 heavy (non-hydrogen) atoms. The van der Waals surface area contributed by atoms with Gasteiger partial charge in [-0.25, -0.2) is 9.97 Å². The van der Waals surface area contributed by atoms with Crippen LogP contribution in [0.3, 0.4) is 0 Å². The third-order valence-corrected chi connectivity index (χ3v) is 2.76. The Bertz CT molecular complexity index is 377. The summed E-state index contributed by atoms with van der Waals surface area (Å²) >= 11 is 5.88. The predicted molar refractivity (Wildman–Crippen MR) is 70.3 cm³/mol. The summed E-state index contributed by atoms with van der Waals surface area (Å²) in [5.41, 5.74) is 0.913. The molecule has 0 aliphatic carbocycles. The second-order valence-electron chi connectivity index (χ2n) is 5.44. The fraction of sp³-hybridized carbons (Fsp3) is 0.667. The van der Waals surface area contributed by atoms with Crippen LogP contribution in [0, 0.1) is 12.3 Å². The van der Waals surface area contributed by atoms with Crippen LogP contribution >= 0.6 is 11.6 Å². The van der Waals surface area contributed by atoms with E-state index in [2.05, 4.69) is 36.1 Å². The summed E-state index contributed by atoms with van der Waals surface area (Å²) in [5, 5.41) is 13.4. The Morgan fingerprint density at radius 3 is 2.65 bits per heavy atom. The number of hydrogen-bond acceptors (Lipinski definition) is 4. The third kappa shape index (κ3) is 4.88. The van der Waals surface area contributed by atoms with Gasteiger partial charge in [0.05, 0.1) is 6.10 Å². The van der Waals surface area contributed by atoms with E-state index in [9.17, 15) is 5.11 Å². The molecule has 1 rings (SSSR count). The van der Waals surface area contributed by atoms with Gasteiger partial charge in [0.1, 0.15) is 17.3 Å². The zero-order chi connectivity index (χ0) is 13.1. The number of hydrogen-bond donors (Lipinski definition) is 2. The van der Waals surface area contributed by atoms with Crippen LogP contribution < -0.4 is 5.32 Å². The van der Waals surface area contributed by atoms with Crippen molar-refractivity contribution in [2.24, 2.45) is 5.41 Å². The van der Waals surface area contributed by atoms with Gasteiger partial charge >= 0.3 is 0 Å². The van der Waals surface area contributed by atoms with Crippen LogP contribution in [0.5, 0.6) is 0 Å². The van der Waals surface area contributed by atoms with Crippen molar-refractivity contribution < 1.29 is 5.11 Å². The molecule has 0 radical (unpaired) electrons. The number of nitrogens with one attached hydrogen (secondary N) is 1. The Morgan fingerprint density at radius 1 is 1.41 bits per heavy atom. The van der Waals surface area contributed by atoms with Crippen molar-refractivity contribution in [3.05, 3.63) is 17.0 Å². The largest absolute Gasteiger partial charge is 0.391 e. The normalized spacial score (nSPS) is 13.5. The van der Waals surface area contributed by atoms with E-state index < -0.39 is 6.10 Å². The van der Waals surface area contributed by atoms with Gasteiger partial charge in [-0.05, 0) is 18.8 Å². The molecule has 0 aliphatic rings.